The average molecular weight is 256 g/mol. The summed E-state index contributed by atoms with van der Waals surface area (Å²) in [6.07, 6.45) is 0. The summed E-state index contributed by atoms with van der Waals surface area (Å²) in [6, 6.07) is 2.14. The van der Waals surface area contributed by atoms with Crippen molar-refractivity contribution in [3.05, 3.63) is 34.1 Å². The Morgan fingerprint density at radius 3 is 2.67 bits per heavy atom. The van der Waals surface area contributed by atoms with E-state index in [2.05, 4.69) is 0 Å². The highest BCUT2D eigenvalue weighted by molar-refractivity contribution is 5.79. The number of nitro benzene ring substituents is 1. The molecule has 0 unspecified atom stereocenters. The lowest BCUT2D eigenvalue weighted by atomic mass is 10.2. The highest BCUT2D eigenvalue weighted by Crippen LogP contribution is 2.30. The summed E-state index contributed by atoms with van der Waals surface area (Å²) >= 11 is 0. The van der Waals surface area contributed by atoms with Crippen molar-refractivity contribution in [3.8, 4) is 0 Å². The van der Waals surface area contributed by atoms with Crippen LogP contribution < -0.4 is 4.90 Å². The van der Waals surface area contributed by atoms with E-state index >= 15 is 0 Å². The number of hydrogen-bond donors (Lipinski definition) is 1. The molecule has 0 heterocycles. The Morgan fingerprint density at radius 2 is 2.22 bits per heavy atom. The molecule has 0 aromatic heterocycles. The Labute approximate surface area is 103 Å². The fraction of sp³-hybridized carbons (Fsp3) is 0.364. The van der Waals surface area contributed by atoms with Gasteiger partial charge in [-0.25, -0.2) is 9.18 Å². The number of carbonyl (C=O) groups is 1. The number of benzene rings is 1. The molecule has 0 aliphatic heterocycles. The van der Waals surface area contributed by atoms with Crippen LogP contribution >= 0.6 is 0 Å². The molecule has 1 aromatic carbocycles. The van der Waals surface area contributed by atoms with Gasteiger partial charge in [-0.05, 0) is 26.0 Å². The maximum Gasteiger partial charge on any atom is 0.326 e. The van der Waals surface area contributed by atoms with Crippen LogP contribution in [0.25, 0.3) is 0 Å². The maximum absolute atomic E-state index is 13.0. The van der Waals surface area contributed by atoms with E-state index in [1.165, 1.54) is 17.9 Å². The molecular formula is C11H13FN2O4. The number of carboxylic acids is 1. The quantitative estimate of drug-likeness (QED) is 0.643. The number of rotatable bonds is 5. The summed E-state index contributed by atoms with van der Waals surface area (Å²) in [5.41, 5.74) is -0.344. The molecule has 0 aliphatic rings. The largest absolute Gasteiger partial charge is 0.480 e. The predicted molar refractivity (Wildman–Crippen MR) is 63.2 cm³/mol. The van der Waals surface area contributed by atoms with Gasteiger partial charge in [-0.3, -0.25) is 10.1 Å². The first-order valence-corrected chi connectivity index (χ1v) is 5.31. The van der Waals surface area contributed by atoms with Crippen LogP contribution in [0.3, 0.4) is 0 Å². The molecular weight excluding hydrogens is 243 g/mol. The summed E-state index contributed by atoms with van der Waals surface area (Å²) in [4.78, 5) is 22.4. The van der Waals surface area contributed by atoms with Gasteiger partial charge in [-0.1, -0.05) is 0 Å². The highest BCUT2D eigenvalue weighted by atomic mass is 19.1. The Hall–Kier alpha value is -2.18. The number of aliphatic carboxylic acids is 1. The van der Waals surface area contributed by atoms with Crippen LogP contribution in [0.15, 0.2) is 18.2 Å². The molecule has 0 saturated heterocycles. The zero-order chi connectivity index (χ0) is 13.9. The molecule has 0 bridgehead atoms. The normalized spacial score (nSPS) is 11.9. The van der Waals surface area contributed by atoms with Crippen LogP contribution in [0.4, 0.5) is 15.8 Å². The predicted octanol–water partition coefficient (Wildman–Crippen LogP) is 2.03. The number of nitro groups is 1. The van der Waals surface area contributed by atoms with Crippen molar-refractivity contribution in [1.82, 2.24) is 0 Å². The molecule has 0 radical (unpaired) electrons. The van der Waals surface area contributed by atoms with Crippen molar-refractivity contribution in [2.75, 3.05) is 11.4 Å². The summed E-state index contributed by atoms with van der Waals surface area (Å²) in [6.45, 7) is 3.35. The minimum Gasteiger partial charge on any atom is -0.480 e. The first-order valence-electron chi connectivity index (χ1n) is 5.31. The summed E-state index contributed by atoms with van der Waals surface area (Å²) in [7, 11) is 0. The van der Waals surface area contributed by atoms with E-state index in [4.69, 9.17) is 5.11 Å². The fourth-order valence-electron chi connectivity index (χ4n) is 1.67. The molecule has 1 rings (SSSR count). The van der Waals surface area contributed by atoms with Crippen molar-refractivity contribution >= 4 is 17.3 Å². The van der Waals surface area contributed by atoms with Gasteiger partial charge in [0.05, 0.1) is 11.0 Å². The Morgan fingerprint density at radius 1 is 1.61 bits per heavy atom. The molecule has 7 heteroatoms. The Balaban J connectivity index is 3.29. The van der Waals surface area contributed by atoms with Gasteiger partial charge in [-0.2, -0.15) is 0 Å². The third-order valence-corrected chi connectivity index (χ3v) is 2.61. The number of nitrogens with zero attached hydrogens (tertiary/aromatic N) is 2. The van der Waals surface area contributed by atoms with Gasteiger partial charge in [0.15, 0.2) is 0 Å². The molecule has 18 heavy (non-hydrogen) atoms. The summed E-state index contributed by atoms with van der Waals surface area (Å²) < 4.78 is 13.0. The Kier molecular flexibility index (Phi) is 4.19. The molecule has 1 N–H and O–H groups in total. The maximum atomic E-state index is 13.0. The van der Waals surface area contributed by atoms with Crippen LogP contribution in [0.1, 0.15) is 13.8 Å². The monoisotopic (exact) mass is 256 g/mol. The summed E-state index contributed by atoms with van der Waals surface area (Å²) in [5, 5.41) is 19.8. The molecule has 0 amide bonds. The lowest BCUT2D eigenvalue weighted by molar-refractivity contribution is -0.384. The first-order chi connectivity index (χ1) is 8.38. The van der Waals surface area contributed by atoms with Crippen molar-refractivity contribution < 1.29 is 19.2 Å². The molecule has 0 fully saturated rings. The topological polar surface area (TPSA) is 83.7 Å². The van der Waals surface area contributed by atoms with Crippen molar-refractivity contribution in [3.63, 3.8) is 0 Å². The van der Waals surface area contributed by atoms with E-state index in [1.807, 2.05) is 0 Å². The molecule has 98 valence electrons. The van der Waals surface area contributed by atoms with Gasteiger partial charge in [-0.15, -0.1) is 0 Å². The second-order valence-corrected chi connectivity index (χ2v) is 3.69. The van der Waals surface area contributed by atoms with Gasteiger partial charge >= 0.3 is 5.97 Å². The van der Waals surface area contributed by atoms with Gasteiger partial charge in [0.25, 0.3) is 5.69 Å². The number of anilines is 1. The van der Waals surface area contributed by atoms with E-state index < -0.39 is 28.4 Å². The van der Waals surface area contributed by atoms with Crippen LogP contribution in [0.5, 0.6) is 0 Å². The minimum atomic E-state index is -1.10. The van der Waals surface area contributed by atoms with E-state index in [1.54, 1.807) is 6.92 Å². The lowest BCUT2D eigenvalue weighted by Crippen LogP contribution is -2.39. The van der Waals surface area contributed by atoms with Crippen molar-refractivity contribution in [2.24, 2.45) is 0 Å². The standard InChI is InChI=1S/C11H13FN2O4/c1-3-13(7(2)11(15)16)9-5-4-8(12)6-10(9)14(17)18/h4-7H,3H2,1-2H3,(H,15,16)/t7-/m0/s1. The van der Waals surface area contributed by atoms with E-state index in [9.17, 15) is 19.3 Å². The molecule has 1 aromatic rings. The molecule has 0 aliphatic carbocycles. The molecule has 0 saturated carbocycles. The van der Waals surface area contributed by atoms with Crippen LogP contribution in [0, 0.1) is 15.9 Å². The smallest absolute Gasteiger partial charge is 0.326 e. The van der Waals surface area contributed by atoms with Crippen LogP contribution in [0.2, 0.25) is 0 Å². The zero-order valence-electron chi connectivity index (χ0n) is 9.96. The number of hydrogen-bond acceptors (Lipinski definition) is 4. The summed E-state index contributed by atoms with van der Waals surface area (Å²) in [5.74, 6) is -1.83. The number of halogens is 1. The third kappa shape index (κ3) is 2.73. The lowest BCUT2D eigenvalue weighted by Gasteiger charge is -2.26. The van der Waals surface area contributed by atoms with Gasteiger partial charge in [0.2, 0.25) is 0 Å². The molecule has 1 atom stereocenters. The number of carboxylic acid groups (broad SMARTS) is 1. The van der Waals surface area contributed by atoms with Crippen LogP contribution in [-0.2, 0) is 4.79 Å². The molecule has 0 spiro atoms. The fourth-order valence-corrected chi connectivity index (χ4v) is 1.67. The third-order valence-electron chi connectivity index (χ3n) is 2.61. The van der Waals surface area contributed by atoms with Gasteiger partial charge < -0.3 is 10.0 Å². The van der Waals surface area contributed by atoms with Crippen molar-refractivity contribution in [2.45, 2.75) is 19.9 Å². The minimum absolute atomic E-state index is 0.0961. The second kappa shape index (κ2) is 5.44. The van der Waals surface area contributed by atoms with E-state index in [-0.39, 0.29) is 12.2 Å². The zero-order valence-corrected chi connectivity index (χ0v) is 9.96. The van der Waals surface area contributed by atoms with Crippen LogP contribution in [-0.4, -0.2) is 28.6 Å². The van der Waals surface area contributed by atoms with Gasteiger partial charge in [0.1, 0.15) is 17.5 Å². The molecule has 6 nitrogen and oxygen atoms in total. The SMILES string of the molecule is CCN(c1ccc(F)cc1[N+](=O)[O-])[C@@H](C)C(=O)O. The highest BCUT2D eigenvalue weighted by Gasteiger charge is 2.26. The van der Waals surface area contributed by atoms with E-state index in [0.717, 1.165) is 12.1 Å². The Bertz CT molecular complexity index is 478. The number of likely N-dealkylation sites (N-methyl/N-ethyl adjacent to an activating group) is 1. The first kappa shape index (κ1) is 13.9. The van der Waals surface area contributed by atoms with Crippen molar-refractivity contribution in [1.29, 1.82) is 0 Å². The second-order valence-electron chi connectivity index (χ2n) is 3.69. The van der Waals surface area contributed by atoms with E-state index in [0.29, 0.717) is 0 Å². The van der Waals surface area contributed by atoms with Gasteiger partial charge in [0, 0.05) is 6.54 Å². The average Bonchev–Trinajstić information content (AvgIpc) is 2.31.